The molecule has 1 fully saturated rings. The lowest BCUT2D eigenvalue weighted by Crippen LogP contribution is -2.44. The molecular formula is C12H15F2N3O. The van der Waals surface area contributed by atoms with Crippen LogP contribution in [0.2, 0.25) is 0 Å². The number of primary amides is 1. The average molecular weight is 255 g/mol. The van der Waals surface area contributed by atoms with Crippen LogP contribution in [-0.4, -0.2) is 30.1 Å². The van der Waals surface area contributed by atoms with Gasteiger partial charge in [-0.25, -0.2) is 13.6 Å². The molecule has 1 aliphatic heterocycles. The third-order valence-corrected chi connectivity index (χ3v) is 3.04. The predicted octanol–water partition coefficient (Wildman–Crippen LogP) is 1.92. The maximum Gasteiger partial charge on any atom is 0.314 e. The number of piperidine rings is 1. The van der Waals surface area contributed by atoms with E-state index in [2.05, 4.69) is 5.32 Å². The Bertz CT molecular complexity index is 425. The summed E-state index contributed by atoms with van der Waals surface area (Å²) in [6.07, 6.45) is 1.42. The second kappa shape index (κ2) is 5.20. The molecular weight excluding hydrogens is 240 g/mol. The smallest absolute Gasteiger partial charge is 0.314 e. The molecule has 98 valence electrons. The van der Waals surface area contributed by atoms with Crippen molar-refractivity contribution in [3.8, 4) is 0 Å². The molecule has 0 unspecified atom stereocenters. The van der Waals surface area contributed by atoms with Crippen LogP contribution in [0.3, 0.4) is 0 Å². The number of likely N-dealkylation sites (tertiary alicyclic amines) is 1. The van der Waals surface area contributed by atoms with E-state index in [-0.39, 0.29) is 6.04 Å². The summed E-state index contributed by atoms with van der Waals surface area (Å²) in [5.74, 6) is -1.21. The van der Waals surface area contributed by atoms with Crippen LogP contribution in [0.1, 0.15) is 12.8 Å². The minimum atomic E-state index is -0.605. The first-order valence-corrected chi connectivity index (χ1v) is 5.81. The molecule has 6 heteroatoms. The lowest BCUT2D eigenvalue weighted by atomic mass is 10.0. The third-order valence-electron chi connectivity index (χ3n) is 3.04. The second-order valence-corrected chi connectivity index (χ2v) is 4.40. The molecule has 0 bridgehead atoms. The number of amides is 2. The molecule has 0 spiro atoms. The zero-order valence-corrected chi connectivity index (χ0v) is 9.83. The van der Waals surface area contributed by atoms with Crippen molar-refractivity contribution in [2.45, 2.75) is 18.9 Å². The van der Waals surface area contributed by atoms with Gasteiger partial charge in [0.25, 0.3) is 0 Å². The van der Waals surface area contributed by atoms with E-state index in [1.807, 2.05) is 0 Å². The fraction of sp³-hybridized carbons (Fsp3) is 0.417. The summed E-state index contributed by atoms with van der Waals surface area (Å²) < 4.78 is 26.0. The summed E-state index contributed by atoms with van der Waals surface area (Å²) in [6, 6.07) is 3.01. The monoisotopic (exact) mass is 255 g/mol. The Balaban J connectivity index is 1.93. The van der Waals surface area contributed by atoms with Crippen LogP contribution in [0.15, 0.2) is 18.2 Å². The summed E-state index contributed by atoms with van der Waals surface area (Å²) >= 11 is 0. The number of benzene rings is 1. The van der Waals surface area contributed by atoms with Crippen molar-refractivity contribution in [1.82, 2.24) is 4.90 Å². The number of hydrogen-bond acceptors (Lipinski definition) is 2. The highest BCUT2D eigenvalue weighted by molar-refractivity contribution is 5.72. The fourth-order valence-corrected chi connectivity index (χ4v) is 2.12. The van der Waals surface area contributed by atoms with E-state index < -0.39 is 17.7 Å². The van der Waals surface area contributed by atoms with Crippen LogP contribution in [0.4, 0.5) is 19.3 Å². The molecule has 1 saturated heterocycles. The number of anilines is 1. The van der Waals surface area contributed by atoms with E-state index >= 15 is 0 Å². The van der Waals surface area contributed by atoms with Crippen molar-refractivity contribution in [2.75, 3.05) is 18.4 Å². The molecule has 0 radical (unpaired) electrons. The molecule has 0 aliphatic carbocycles. The van der Waals surface area contributed by atoms with Crippen LogP contribution >= 0.6 is 0 Å². The molecule has 4 nitrogen and oxygen atoms in total. The van der Waals surface area contributed by atoms with Crippen molar-refractivity contribution >= 4 is 11.7 Å². The fourth-order valence-electron chi connectivity index (χ4n) is 2.12. The first-order valence-electron chi connectivity index (χ1n) is 5.81. The minimum Gasteiger partial charge on any atom is -0.382 e. The number of halogens is 2. The molecule has 2 amide bonds. The van der Waals surface area contributed by atoms with Crippen LogP contribution in [0.5, 0.6) is 0 Å². The van der Waals surface area contributed by atoms with Crippen molar-refractivity contribution in [3.05, 3.63) is 29.8 Å². The van der Waals surface area contributed by atoms with Crippen molar-refractivity contribution in [3.63, 3.8) is 0 Å². The minimum absolute atomic E-state index is 0.0989. The van der Waals surface area contributed by atoms with Crippen LogP contribution in [0, 0.1) is 11.6 Å². The van der Waals surface area contributed by atoms with Gasteiger partial charge < -0.3 is 16.0 Å². The molecule has 18 heavy (non-hydrogen) atoms. The number of urea groups is 1. The zero-order valence-electron chi connectivity index (χ0n) is 9.83. The maximum atomic E-state index is 13.0. The van der Waals surface area contributed by atoms with Crippen molar-refractivity contribution in [2.24, 2.45) is 5.73 Å². The molecule has 2 rings (SSSR count). The number of nitrogens with zero attached hydrogens (tertiary/aromatic N) is 1. The van der Waals surface area contributed by atoms with E-state index in [1.54, 1.807) is 4.90 Å². The van der Waals surface area contributed by atoms with Crippen LogP contribution < -0.4 is 11.1 Å². The lowest BCUT2D eigenvalue weighted by molar-refractivity contribution is 0.193. The maximum absolute atomic E-state index is 13.0. The highest BCUT2D eigenvalue weighted by Crippen LogP contribution is 2.18. The normalized spacial score (nSPS) is 16.7. The number of nitrogens with two attached hydrogens (primary N) is 1. The molecule has 0 saturated carbocycles. The van der Waals surface area contributed by atoms with E-state index in [0.29, 0.717) is 31.6 Å². The zero-order chi connectivity index (χ0) is 13.1. The molecule has 0 aromatic heterocycles. The van der Waals surface area contributed by atoms with Crippen LogP contribution in [0.25, 0.3) is 0 Å². The first-order chi connectivity index (χ1) is 8.54. The Kier molecular flexibility index (Phi) is 3.64. The van der Waals surface area contributed by atoms with E-state index in [0.717, 1.165) is 6.07 Å². The van der Waals surface area contributed by atoms with E-state index in [4.69, 9.17) is 5.73 Å². The second-order valence-electron chi connectivity index (χ2n) is 4.40. The average Bonchev–Trinajstić information content (AvgIpc) is 2.28. The van der Waals surface area contributed by atoms with Gasteiger partial charge in [-0.15, -0.1) is 0 Å². The molecule has 0 atom stereocenters. The standard InChI is InChI=1S/C12H15F2N3O/c13-8-5-9(14)7-11(6-8)16-10-1-3-17(4-2-10)12(15)18/h5-7,10,16H,1-4H2,(H2,15,18). The van der Waals surface area contributed by atoms with Gasteiger partial charge in [0.05, 0.1) is 0 Å². The number of nitrogens with one attached hydrogen (secondary N) is 1. The van der Waals surface area contributed by atoms with Crippen molar-refractivity contribution in [1.29, 1.82) is 0 Å². The van der Waals surface area contributed by atoms with Gasteiger partial charge in [-0.1, -0.05) is 0 Å². The summed E-state index contributed by atoms with van der Waals surface area (Å²) in [5.41, 5.74) is 5.59. The van der Waals surface area contributed by atoms with Gasteiger partial charge in [-0.2, -0.15) is 0 Å². The molecule has 1 heterocycles. The Morgan fingerprint density at radius 1 is 1.22 bits per heavy atom. The summed E-state index contributed by atoms with van der Waals surface area (Å²) in [4.78, 5) is 12.5. The summed E-state index contributed by atoms with van der Waals surface area (Å²) in [5, 5.41) is 3.06. The number of carbonyl (C=O) groups is 1. The molecule has 1 aromatic rings. The lowest BCUT2D eigenvalue weighted by Gasteiger charge is -2.31. The highest BCUT2D eigenvalue weighted by Gasteiger charge is 2.21. The largest absolute Gasteiger partial charge is 0.382 e. The Labute approximate surface area is 104 Å². The SMILES string of the molecule is NC(=O)N1CCC(Nc2cc(F)cc(F)c2)CC1. The van der Waals surface area contributed by atoms with Gasteiger partial charge in [0.15, 0.2) is 0 Å². The summed E-state index contributed by atoms with van der Waals surface area (Å²) in [7, 11) is 0. The van der Waals surface area contributed by atoms with E-state index in [1.165, 1.54) is 12.1 Å². The Morgan fingerprint density at radius 2 is 1.78 bits per heavy atom. The van der Waals surface area contributed by atoms with Crippen molar-refractivity contribution < 1.29 is 13.6 Å². The predicted molar refractivity (Wildman–Crippen MR) is 64.2 cm³/mol. The topological polar surface area (TPSA) is 58.4 Å². The number of rotatable bonds is 2. The van der Waals surface area contributed by atoms with Gasteiger partial charge >= 0.3 is 6.03 Å². The highest BCUT2D eigenvalue weighted by atomic mass is 19.1. The molecule has 1 aromatic carbocycles. The quantitative estimate of drug-likeness (QED) is 0.848. The number of carbonyl (C=O) groups excluding carboxylic acids is 1. The Morgan fingerprint density at radius 3 is 2.28 bits per heavy atom. The van der Waals surface area contributed by atoms with Gasteiger partial charge in [0.2, 0.25) is 0 Å². The number of hydrogen-bond donors (Lipinski definition) is 2. The first kappa shape index (κ1) is 12.6. The van der Waals surface area contributed by atoms with Crippen LogP contribution in [-0.2, 0) is 0 Å². The molecule has 3 N–H and O–H groups in total. The molecule has 1 aliphatic rings. The Hall–Kier alpha value is -1.85. The van der Waals surface area contributed by atoms with Gasteiger partial charge in [0.1, 0.15) is 11.6 Å². The van der Waals surface area contributed by atoms with Gasteiger partial charge in [0, 0.05) is 30.9 Å². The summed E-state index contributed by atoms with van der Waals surface area (Å²) in [6.45, 7) is 1.12. The van der Waals surface area contributed by atoms with Gasteiger partial charge in [-0.05, 0) is 25.0 Å². The third kappa shape index (κ3) is 3.09. The van der Waals surface area contributed by atoms with E-state index in [9.17, 15) is 13.6 Å². The van der Waals surface area contributed by atoms with Gasteiger partial charge in [-0.3, -0.25) is 0 Å².